The minimum absolute atomic E-state index is 0.773. The molecule has 7 heavy (non-hydrogen) atoms. The van der Waals surface area contributed by atoms with Crippen LogP contribution in [0.4, 0.5) is 0 Å². The fourth-order valence-corrected chi connectivity index (χ4v) is 1.17. The summed E-state index contributed by atoms with van der Waals surface area (Å²) in [6, 6.07) is 0.773. The van der Waals surface area contributed by atoms with Crippen molar-refractivity contribution in [2.24, 2.45) is 5.92 Å². The maximum Gasteiger partial charge on any atom is 0.00418 e. The third-order valence-electron chi connectivity index (χ3n) is 1.57. The van der Waals surface area contributed by atoms with Gasteiger partial charge < -0.3 is 5.32 Å². The van der Waals surface area contributed by atoms with Crippen molar-refractivity contribution in [3.8, 4) is 0 Å². The molecule has 1 nitrogen and oxygen atoms in total. The van der Waals surface area contributed by atoms with Crippen LogP contribution < -0.4 is 5.32 Å². The molecule has 0 aromatic carbocycles. The van der Waals surface area contributed by atoms with E-state index in [4.69, 9.17) is 0 Å². The molecule has 0 spiro atoms. The first-order valence-electron chi connectivity index (χ1n) is 3.02. The van der Waals surface area contributed by atoms with Gasteiger partial charge in [-0.3, -0.25) is 0 Å². The van der Waals surface area contributed by atoms with Gasteiger partial charge in [0, 0.05) is 6.04 Å². The Labute approximate surface area is 45.1 Å². The van der Waals surface area contributed by atoms with E-state index in [2.05, 4.69) is 19.2 Å². The van der Waals surface area contributed by atoms with Crippen LogP contribution in [0.1, 0.15) is 20.3 Å². The van der Waals surface area contributed by atoms with E-state index in [1.807, 2.05) is 0 Å². The summed E-state index contributed by atoms with van der Waals surface area (Å²) < 4.78 is 0. The molecular weight excluding hydrogens is 86.1 g/mol. The van der Waals surface area contributed by atoms with Gasteiger partial charge in [-0.25, -0.2) is 0 Å². The Kier molecular flexibility index (Phi) is 1.33. The topological polar surface area (TPSA) is 12.0 Å². The predicted molar refractivity (Wildman–Crippen MR) is 31.2 cm³/mol. The van der Waals surface area contributed by atoms with Crippen molar-refractivity contribution in [1.29, 1.82) is 0 Å². The van der Waals surface area contributed by atoms with Gasteiger partial charge in [0.2, 0.25) is 0 Å². The zero-order chi connectivity index (χ0) is 5.28. The monoisotopic (exact) mass is 99.1 g/mol. The van der Waals surface area contributed by atoms with Gasteiger partial charge in [0.05, 0.1) is 0 Å². The van der Waals surface area contributed by atoms with E-state index in [0.29, 0.717) is 0 Å². The second-order valence-electron chi connectivity index (χ2n) is 2.65. The highest BCUT2D eigenvalue weighted by Gasteiger charge is 2.14. The Morgan fingerprint density at radius 2 is 2.14 bits per heavy atom. The van der Waals surface area contributed by atoms with E-state index in [1.165, 1.54) is 13.0 Å². The molecule has 0 radical (unpaired) electrons. The Morgan fingerprint density at radius 1 is 1.43 bits per heavy atom. The molecule has 1 saturated heterocycles. The van der Waals surface area contributed by atoms with Gasteiger partial charge in [-0.15, -0.1) is 0 Å². The van der Waals surface area contributed by atoms with Crippen LogP contribution in [0.25, 0.3) is 0 Å². The highest BCUT2D eigenvalue weighted by Crippen LogP contribution is 2.10. The first-order valence-corrected chi connectivity index (χ1v) is 3.02. The normalized spacial score (nSPS) is 42.0. The van der Waals surface area contributed by atoms with Crippen molar-refractivity contribution in [3.05, 3.63) is 0 Å². The zero-order valence-electron chi connectivity index (χ0n) is 5.07. The molecule has 1 heteroatoms. The van der Waals surface area contributed by atoms with Crippen LogP contribution in [0.5, 0.6) is 0 Å². The van der Waals surface area contributed by atoms with Gasteiger partial charge in [-0.2, -0.15) is 0 Å². The Bertz CT molecular complexity index is 53.2. The number of hydrogen-bond acceptors (Lipinski definition) is 1. The van der Waals surface area contributed by atoms with Crippen LogP contribution in [0.15, 0.2) is 0 Å². The van der Waals surface area contributed by atoms with Crippen molar-refractivity contribution in [3.63, 3.8) is 0 Å². The summed E-state index contributed by atoms with van der Waals surface area (Å²) in [6.45, 7) is 5.75. The average Bonchev–Trinajstić information content (AvgIpc) is 1.87. The van der Waals surface area contributed by atoms with Gasteiger partial charge >= 0.3 is 0 Å². The van der Waals surface area contributed by atoms with Crippen molar-refractivity contribution >= 4 is 0 Å². The third-order valence-corrected chi connectivity index (χ3v) is 1.57. The highest BCUT2D eigenvalue weighted by molar-refractivity contribution is 4.74. The lowest BCUT2D eigenvalue weighted by Gasteiger charge is -1.96. The van der Waals surface area contributed by atoms with Gasteiger partial charge in [0.15, 0.2) is 0 Å². The van der Waals surface area contributed by atoms with E-state index in [9.17, 15) is 0 Å². The quantitative estimate of drug-likeness (QED) is 0.478. The lowest BCUT2D eigenvalue weighted by Crippen LogP contribution is -2.16. The molecule has 1 unspecified atom stereocenters. The van der Waals surface area contributed by atoms with Gasteiger partial charge in [-0.1, -0.05) is 6.92 Å². The predicted octanol–water partition coefficient (Wildman–Crippen LogP) is 1.00. The molecule has 0 bridgehead atoms. The van der Waals surface area contributed by atoms with Crippen molar-refractivity contribution in [2.75, 3.05) is 6.54 Å². The molecule has 1 aliphatic rings. The van der Waals surface area contributed by atoms with Crippen LogP contribution in [0.2, 0.25) is 0 Å². The number of hydrogen-bond donors (Lipinski definition) is 1. The maximum absolute atomic E-state index is 3.37. The third kappa shape index (κ3) is 1.16. The molecule has 0 aromatic rings. The van der Waals surface area contributed by atoms with Crippen LogP contribution in [-0.4, -0.2) is 12.6 Å². The molecule has 1 fully saturated rings. The second-order valence-corrected chi connectivity index (χ2v) is 2.65. The molecule has 1 rings (SSSR count). The summed E-state index contributed by atoms with van der Waals surface area (Å²) in [6.07, 6.45) is 1.36. The smallest absolute Gasteiger partial charge is 0.00418 e. The molecule has 2 atom stereocenters. The summed E-state index contributed by atoms with van der Waals surface area (Å²) in [7, 11) is 0. The SMILES string of the molecule is CC1CN[C@H](C)C1. The number of nitrogens with one attached hydrogen (secondary N) is 1. The molecule has 42 valence electrons. The lowest BCUT2D eigenvalue weighted by molar-refractivity contribution is 0.622. The summed E-state index contributed by atoms with van der Waals surface area (Å²) in [4.78, 5) is 0. The van der Waals surface area contributed by atoms with E-state index in [1.54, 1.807) is 0 Å². The largest absolute Gasteiger partial charge is 0.314 e. The lowest BCUT2D eigenvalue weighted by atomic mass is 10.1. The molecule has 1 aliphatic heterocycles. The first-order chi connectivity index (χ1) is 3.29. The second kappa shape index (κ2) is 1.83. The Morgan fingerprint density at radius 3 is 2.29 bits per heavy atom. The van der Waals surface area contributed by atoms with E-state index < -0.39 is 0 Å². The van der Waals surface area contributed by atoms with Crippen molar-refractivity contribution in [1.82, 2.24) is 5.32 Å². The van der Waals surface area contributed by atoms with Crippen LogP contribution >= 0.6 is 0 Å². The van der Waals surface area contributed by atoms with Crippen LogP contribution in [-0.2, 0) is 0 Å². The molecule has 0 saturated carbocycles. The molecule has 0 aromatic heterocycles. The zero-order valence-corrected chi connectivity index (χ0v) is 5.07. The van der Waals surface area contributed by atoms with E-state index in [-0.39, 0.29) is 0 Å². The van der Waals surface area contributed by atoms with E-state index >= 15 is 0 Å². The minimum atomic E-state index is 0.773. The highest BCUT2D eigenvalue weighted by atomic mass is 14.9. The van der Waals surface area contributed by atoms with Crippen LogP contribution in [0.3, 0.4) is 0 Å². The summed E-state index contributed by atoms with van der Waals surface area (Å²) in [5.74, 6) is 0.912. The van der Waals surface area contributed by atoms with Crippen LogP contribution in [0, 0.1) is 5.92 Å². The van der Waals surface area contributed by atoms with Gasteiger partial charge in [0.25, 0.3) is 0 Å². The molecule has 1 N–H and O–H groups in total. The molecule has 0 amide bonds. The summed E-state index contributed by atoms with van der Waals surface area (Å²) in [5.41, 5.74) is 0. The fourth-order valence-electron chi connectivity index (χ4n) is 1.17. The summed E-state index contributed by atoms with van der Waals surface area (Å²) in [5, 5.41) is 3.37. The summed E-state index contributed by atoms with van der Waals surface area (Å²) >= 11 is 0. The standard InChI is InChI=1S/C6H13N/c1-5-3-6(2)7-4-5/h5-7H,3-4H2,1-2H3/t5?,6-/m1/s1. The van der Waals surface area contributed by atoms with E-state index in [0.717, 1.165) is 12.0 Å². The number of rotatable bonds is 0. The van der Waals surface area contributed by atoms with Gasteiger partial charge in [0.1, 0.15) is 0 Å². The van der Waals surface area contributed by atoms with Crippen molar-refractivity contribution in [2.45, 2.75) is 26.3 Å². The molecule has 1 heterocycles. The Balaban J connectivity index is 2.26. The Hall–Kier alpha value is -0.0400. The van der Waals surface area contributed by atoms with Gasteiger partial charge in [-0.05, 0) is 25.8 Å². The maximum atomic E-state index is 3.37. The van der Waals surface area contributed by atoms with Crippen molar-refractivity contribution < 1.29 is 0 Å². The minimum Gasteiger partial charge on any atom is -0.314 e. The average molecular weight is 99.2 g/mol. The molecular formula is C6H13N. The first kappa shape index (κ1) is 5.10. The fraction of sp³-hybridized carbons (Fsp3) is 1.00. The molecule has 0 aliphatic carbocycles.